The van der Waals surface area contributed by atoms with Crippen LogP contribution in [0.15, 0.2) is 40.0 Å². The van der Waals surface area contributed by atoms with Crippen molar-refractivity contribution in [3.63, 3.8) is 0 Å². The molecule has 0 unspecified atom stereocenters. The quantitative estimate of drug-likeness (QED) is 0.359. The summed E-state index contributed by atoms with van der Waals surface area (Å²) in [6.07, 6.45) is 0. The molecule has 0 radical (unpaired) electrons. The van der Waals surface area contributed by atoms with Crippen LogP contribution in [-0.4, -0.2) is 11.0 Å². The van der Waals surface area contributed by atoms with Gasteiger partial charge in [0, 0.05) is 10.0 Å². The van der Waals surface area contributed by atoms with E-state index in [1.54, 1.807) is 18.2 Å². The van der Waals surface area contributed by atoms with Crippen molar-refractivity contribution in [3.8, 4) is 11.5 Å². The fraction of sp³-hybridized carbons (Fsp3) is 0.133. The maximum Gasteiger partial charge on any atom is 0.170 e. The van der Waals surface area contributed by atoms with Crippen LogP contribution in [0.25, 0.3) is 0 Å². The normalized spacial score (nSPS) is 11.5. The fourth-order valence-electron chi connectivity index (χ4n) is 1.89. The van der Waals surface area contributed by atoms with Crippen LogP contribution >= 0.6 is 27.5 Å². The van der Waals surface area contributed by atoms with E-state index in [-0.39, 0.29) is 5.84 Å². The second-order valence-corrected chi connectivity index (χ2v) is 5.80. The predicted octanol–water partition coefficient (Wildman–Crippen LogP) is 4.61. The number of benzene rings is 2. The van der Waals surface area contributed by atoms with Gasteiger partial charge < -0.3 is 15.7 Å². The van der Waals surface area contributed by atoms with Gasteiger partial charge in [-0.3, -0.25) is 0 Å². The van der Waals surface area contributed by atoms with Gasteiger partial charge in [-0.15, -0.1) is 0 Å². The summed E-state index contributed by atoms with van der Waals surface area (Å²) in [7, 11) is 0. The van der Waals surface area contributed by atoms with E-state index in [1.807, 2.05) is 26.0 Å². The monoisotopic (exact) mass is 368 g/mol. The number of hydrogen-bond donors (Lipinski definition) is 2. The lowest BCUT2D eigenvalue weighted by atomic mass is 10.1. The van der Waals surface area contributed by atoms with Crippen molar-refractivity contribution >= 4 is 33.4 Å². The molecule has 0 amide bonds. The average Bonchev–Trinajstić information content (AvgIpc) is 2.46. The van der Waals surface area contributed by atoms with Crippen LogP contribution in [0, 0.1) is 13.8 Å². The van der Waals surface area contributed by atoms with Gasteiger partial charge in [0.05, 0.1) is 5.02 Å². The molecule has 0 spiro atoms. The first kappa shape index (κ1) is 15.7. The minimum atomic E-state index is -0.00113. The summed E-state index contributed by atoms with van der Waals surface area (Å²) < 4.78 is 6.86. The molecule has 0 aliphatic heterocycles. The number of nitrogens with zero attached hydrogens (tertiary/aromatic N) is 1. The van der Waals surface area contributed by atoms with Crippen LogP contribution in [0.3, 0.4) is 0 Å². The van der Waals surface area contributed by atoms with Gasteiger partial charge in [0.1, 0.15) is 11.5 Å². The van der Waals surface area contributed by atoms with E-state index in [0.717, 1.165) is 15.6 Å². The van der Waals surface area contributed by atoms with Crippen molar-refractivity contribution in [2.24, 2.45) is 10.9 Å². The maximum atomic E-state index is 8.65. The summed E-state index contributed by atoms with van der Waals surface area (Å²) in [5, 5.41) is 12.0. The topological polar surface area (TPSA) is 67.8 Å². The fourth-order valence-corrected chi connectivity index (χ4v) is 2.34. The van der Waals surface area contributed by atoms with Crippen molar-refractivity contribution in [1.82, 2.24) is 0 Å². The van der Waals surface area contributed by atoms with Gasteiger partial charge in [0.25, 0.3) is 0 Å². The van der Waals surface area contributed by atoms with Gasteiger partial charge in [0.15, 0.2) is 5.84 Å². The molecule has 2 rings (SSSR count). The first-order valence-corrected chi connectivity index (χ1v) is 7.31. The molecule has 4 nitrogen and oxygen atoms in total. The molecule has 0 atom stereocenters. The molecule has 0 aliphatic carbocycles. The standard InChI is InChI=1S/C15H14BrClN2O2/c1-8-5-11(6-9(2)14(8)16)21-13-4-3-10(7-12(13)17)15(18)19-20/h3-7,20H,1-2H3,(H2,18,19). The molecule has 2 aromatic rings. The van der Waals surface area contributed by atoms with Crippen LogP contribution in [0.2, 0.25) is 5.02 Å². The molecule has 2 aromatic carbocycles. The zero-order valence-electron chi connectivity index (χ0n) is 11.5. The predicted molar refractivity (Wildman–Crippen MR) is 87.7 cm³/mol. The molecule has 0 saturated carbocycles. The van der Waals surface area contributed by atoms with Gasteiger partial charge in [-0.05, 0) is 55.3 Å². The molecule has 6 heteroatoms. The number of halogens is 2. The molecular formula is C15H14BrClN2O2. The molecule has 3 N–H and O–H groups in total. The molecule has 0 fully saturated rings. The molecule has 0 bridgehead atoms. The van der Waals surface area contributed by atoms with E-state index in [4.69, 9.17) is 27.3 Å². The third-order valence-corrected chi connectivity index (χ3v) is 4.52. The first-order chi connectivity index (χ1) is 9.92. The third-order valence-electron chi connectivity index (χ3n) is 2.97. The number of aryl methyl sites for hydroxylation is 2. The SMILES string of the molecule is Cc1cc(Oc2ccc(/C(N)=N/O)cc2Cl)cc(C)c1Br. The van der Waals surface area contributed by atoms with E-state index in [1.165, 1.54) is 0 Å². The number of hydrogen-bond acceptors (Lipinski definition) is 3. The Morgan fingerprint density at radius 2 is 1.86 bits per heavy atom. The minimum Gasteiger partial charge on any atom is -0.456 e. The number of oxime groups is 1. The summed E-state index contributed by atoms with van der Waals surface area (Å²) in [5.74, 6) is 1.21. The number of rotatable bonds is 3. The summed E-state index contributed by atoms with van der Waals surface area (Å²) in [6.45, 7) is 3.99. The van der Waals surface area contributed by atoms with E-state index in [2.05, 4.69) is 21.1 Å². The Morgan fingerprint density at radius 1 is 1.24 bits per heavy atom. The Kier molecular flexibility index (Phi) is 4.75. The van der Waals surface area contributed by atoms with Crippen molar-refractivity contribution in [2.45, 2.75) is 13.8 Å². The average molecular weight is 370 g/mol. The maximum absolute atomic E-state index is 8.65. The summed E-state index contributed by atoms with van der Waals surface area (Å²) in [4.78, 5) is 0. The zero-order chi connectivity index (χ0) is 15.6. The molecule has 0 heterocycles. The second kappa shape index (κ2) is 6.37. The Labute approximate surface area is 136 Å². The van der Waals surface area contributed by atoms with Crippen LogP contribution < -0.4 is 10.5 Å². The molecule has 0 aromatic heterocycles. The summed E-state index contributed by atoms with van der Waals surface area (Å²) in [5.41, 5.74) is 8.20. The second-order valence-electron chi connectivity index (χ2n) is 4.60. The lowest BCUT2D eigenvalue weighted by Crippen LogP contribution is -2.12. The highest BCUT2D eigenvalue weighted by Gasteiger charge is 2.09. The smallest absolute Gasteiger partial charge is 0.170 e. The third kappa shape index (κ3) is 3.49. The largest absolute Gasteiger partial charge is 0.456 e. The minimum absolute atomic E-state index is 0.00113. The molecule has 110 valence electrons. The Hall–Kier alpha value is -1.72. The van der Waals surface area contributed by atoms with E-state index >= 15 is 0 Å². The Bertz CT molecular complexity index is 694. The summed E-state index contributed by atoms with van der Waals surface area (Å²) >= 11 is 9.68. The van der Waals surface area contributed by atoms with Gasteiger partial charge in [0.2, 0.25) is 0 Å². The number of ether oxygens (including phenoxy) is 1. The van der Waals surface area contributed by atoms with E-state index < -0.39 is 0 Å². The summed E-state index contributed by atoms with van der Waals surface area (Å²) in [6, 6.07) is 8.79. The van der Waals surface area contributed by atoms with E-state index in [9.17, 15) is 0 Å². The molecule has 21 heavy (non-hydrogen) atoms. The molecule has 0 aliphatic rings. The van der Waals surface area contributed by atoms with Crippen molar-refractivity contribution in [2.75, 3.05) is 0 Å². The highest BCUT2D eigenvalue weighted by Crippen LogP contribution is 2.33. The Morgan fingerprint density at radius 3 is 2.38 bits per heavy atom. The Balaban J connectivity index is 2.32. The van der Waals surface area contributed by atoms with Crippen molar-refractivity contribution < 1.29 is 9.94 Å². The highest BCUT2D eigenvalue weighted by molar-refractivity contribution is 9.10. The zero-order valence-corrected chi connectivity index (χ0v) is 13.9. The first-order valence-electron chi connectivity index (χ1n) is 6.14. The lowest BCUT2D eigenvalue weighted by Gasteiger charge is -2.11. The molecular weight excluding hydrogens is 356 g/mol. The number of amidine groups is 1. The van der Waals surface area contributed by atoms with E-state index in [0.29, 0.717) is 22.1 Å². The van der Waals surface area contributed by atoms with Gasteiger partial charge >= 0.3 is 0 Å². The lowest BCUT2D eigenvalue weighted by molar-refractivity contribution is 0.318. The van der Waals surface area contributed by atoms with Crippen LogP contribution in [0.5, 0.6) is 11.5 Å². The molecule has 0 saturated heterocycles. The van der Waals surface area contributed by atoms with Gasteiger partial charge in [-0.1, -0.05) is 32.7 Å². The van der Waals surface area contributed by atoms with Crippen LogP contribution in [0.1, 0.15) is 16.7 Å². The van der Waals surface area contributed by atoms with Gasteiger partial charge in [-0.25, -0.2) is 0 Å². The van der Waals surface area contributed by atoms with Crippen molar-refractivity contribution in [3.05, 3.63) is 56.5 Å². The van der Waals surface area contributed by atoms with Gasteiger partial charge in [-0.2, -0.15) is 0 Å². The van der Waals surface area contributed by atoms with Crippen LogP contribution in [-0.2, 0) is 0 Å². The number of nitrogens with two attached hydrogens (primary N) is 1. The van der Waals surface area contributed by atoms with Crippen molar-refractivity contribution in [1.29, 1.82) is 0 Å². The van der Waals surface area contributed by atoms with Crippen LogP contribution in [0.4, 0.5) is 0 Å². The highest BCUT2D eigenvalue weighted by atomic mass is 79.9.